The molecule has 0 bridgehead atoms. The van der Waals surface area contributed by atoms with Gasteiger partial charge < -0.3 is 20.2 Å². The summed E-state index contributed by atoms with van der Waals surface area (Å²) in [5, 5.41) is 3.23. The van der Waals surface area contributed by atoms with Crippen LogP contribution < -0.4 is 11.1 Å². The van der Waals surface area contributed by atoms with E-state index >= 15 is 0 Å². The number of nitrogens with two attached hydrogens (primary N) is 1. The average molecular weight is 295 g/mol. The smallest absolute Gasteiger partial charge is 0.263 e. The molecule has 2 aromatic heterocycles. The van der Waals surface area contributed by atoms with Gasteiger partial charge in [-0.1, -0.05) is 11.3 Å². The summed E-state index contributed by atoms with van der Waals surface area (Å²) in [6.45, 7) is 3.33. The van der Waals surface area contributed by atoms with Gasteiger partial charge in [0.15, 0.2) is 5.13 Å². The van der Waals surface area contributed by atoms with Gasteiger partial charge in [-0.05, 0) is 25.5 Å². The van der Waals surface area contributed by atoms with Crippen molar-refractivity contribution in [3.8, 4) is 0 Å². The predicted octanol–water partition coefficient (Wildman–Crippen LogP) is 1.96. The van der Waals surface area contributed by atoms with Crippen molar-refractivity contribution in [2.45, 2.75) is 20.0 Å². The number of carbonyl (C=O) groups excluding carboxylic acids is 1. The van der Waals surface area contributed by atoms with Crippen LogP contribution in [0.2, 0.25) is 0 Å². The zero-order chi connectivity index (χ0) is 14.4. The molecule has 7 heteroatoms. The molecule has 0 aliphatic rings. The molecule has 0 saturated carbocycles. The minimum absolute atomic E-state index is 0.136. The number of nitrogens with zero attached hydrogens (tertiary/aromatic N) is 1. The number of aromatic nitrogens is 1. The molecule has 20 heavy (non-hydrogen) atoms. The highest BCUT2D eigenvalue weighted by Crippen LogP contribution is 2.19. The van der Waals surface area contributed by atoms with Crippen molar-refractivity contribution in [1.29, 1.82) is 0 Å². The van der Waals surface area contributed by atoms with E-state index in [0.29, 0.717) is 35.5 Å². The van der Waals surface area contributed by atoms with Gasteiger partial charge in [0.05, 0.1) is 12.0 Å². The summed E-state index contributed by atoms with van der Waals surface area (Å²) in [6.07, 6.45) is 2.35. The molecule has 108 valence electrons. The third kappa shape index (κ3) is 4.07. The fraction of sp³-hybridized carbons (Fsp3) is 0.385. The van der Waals surface area contributed by atoms with Crippen molar-refractivity contribution in [3.05, 3.63) is 34.7 Å². The van der Waals surface area contributed by atoms with Crippen molar-refractivity contribution < 1.29 is 13.9 Å². The number of ether oxygens (including phenoxy) is 1. The Balaban J connectivity index is 1.61. The summed E-state index contributed by atoms with van der Waals surface area (Å²) >= 11 is 1.20. The van der Waals surface area contributed by atoms with Crippen molar-refractivity contribution >= 4 is 22.4 Å². The monoisotopic (exact) mass is 295 g/mol. The van der Waals surface area contributed by atoms with Crippen LogP contribution in [0, 0.1) is 6.92 Å². The van der Waals surface area contributed by atoms with Crippen LogP contribution in [0.1, 0.15) is 27.5 Å². The zero-order valence-electron chi connectivity index (χ0n) is 11.2. The summed E-state index contributed by atoms with van der Waals surface area (Å²) in [5.41, 5.74) is 6.22. The lowest BCUT2D eigenvalue weighted by Gasteiger charge is -2.04. The molecule has 2 heterocycles. The number of hydrogen-bond donors (Lipinski definition) is 2. The maximum Gasteiger partial charge on any atom is 0.263 e. The first-order chi connectivity index (χ1) is 9.66. The van der Waals surface area contributed by atoms with Crippen molar-refractivity contribution in [3.63, 3.8) is 0 Å². The van der Waals surface area contributed by atoms with Crippen LogP contribution in [0.15, 0.2) is 22.8 Å². The molecular weight excluding hydrogens is 278 g/mol. The van der Waals surface area contributed by atoms with E-state index in [0.717, 1.165) is 12.2 Å². The third-order valence-electron chi connectivity index (χ3n) is 2.59. The summed E-state index contributed by atoms with van der Waals surface area (Å²) in [4.78, 5) is 16.4. The molecule has 1 amide bonds. The van der Waals surface area contributed by atoms with E-state index < -0.39 is 0 Å². The minimum atomic E-state index is -0.136. The average Bonchev–Trinajstić information content (AvgIpc) is 3.03. The van der Waals surface area contributed by atoms with Crippen molar-refractivity contribution in [2.75, 3.05) is 18.9 Å². The molecule has 2 rings (SSSR count). The van der Waals surface area contributed by atoms with E-state index in [1.54, 1.807) is 13.2 Å². The number of anilines is 1. The Morgan fingerprint density at radius 2 is 2.45 bits per heavy atom. The van der Waals surface area contributed by atoms with E-state index in [1.165, 1.54) is 11.3 Å². The number of hydrogen-bond acceptors (Lipinski definition) is 6. The van der Waals surface area contributed by atoms with Gasteiger partial charge in [0.2, 0.25) is 0 Å². The number of amides is 1. The molecule has 0 saturated heterocycles. The number of thiazole rings is 1. The summed E-state index contributed by atoms with van der Waals surface area (Å²) in [7, 11) is 0. The quantitative estimate of drug-likeness (QED) is 0.762. The van der Waals surface area contributed by atoms with E-state index in [9.17, 15) is 4.79 Å². The van der Waals surface area contributed by atoms with Crippen molar-refractivity contribution in [2.24, 2.45) is 0 Å². The largest absolute Gasteiger partial charge is 0.467 e. The topological polar surface area (TPSA) is 90.4 Å². The third-order valence-corrected chi connectivity index (χ3v) is 3.58. The summed E-state index contributed by atoms with van der Waals surface area (Å²) < 4.78 is 10.6. The van der Waals surface area contributed by atoms with Gasteiger partial charge in [-0.3, -0.25) is 4.79 Å². The van der Waals surface area contributed by atoms with E-state index in [2.05, 4.69) is 10.3 Å². The number of nitrogens with one attached hydrogen (secondary N) is 1. The number of carbonyl (C=O) groups is 1. The minimum Gasteiger partial charge on any atom is -0.467 e. The van der Waals surface area contributed by atoms with E-state index in [1.807, 2.05) is 12.1 Å². The second kappa shape index (κ2) is 7.06. The lowest BCUT2D eigenvalue weighted by molar-refractivity contribution is 0.0919. The van der Waals surface area contributed by atoms with Crippen LogP contribution in [0.25, 0.3) is 0 Å². The Morgan fingerprint density at radius 3 is 3.10 bits per heavy atom. The molecule has 3 N–H and O–H groups in total. The SMILES string of the molecule is Cc1nc(N)sc1C(=O)NCCCOCc1ccco1. The van der Waals surface area contributed by atoms with Gasteiger partial charge >= 0.3 is 0 Å². The van der Waals surface area contributed by atoms with Crippen LogP contribution in [-0.4, -0.2) is 24.0 Å². The second-order valence-electron chi connectivity index (χ2n) is 4.21. The van der Waals surface area contributed by atoms with Gasteiger partial charge in [-0.25, -0.2) is 4.98 Å². The lowest BCUT2D eigenvalue weighted by atomic mass is 10.3. The fourth-order valence-electron chi connectivity index (χ4n) is 1.65. The van der Waals surface area contributed by atoms with Crippen LogP contribution in [0.3, 0.4) is 0 Å². The molecule has 0 fully saturated rings. The first kappa shape index (κ1) is 14.5. The summed E-state index contributed by atoms with van der Waals surface area (Å²) in [5.74, 6) is 0.660. The highest BCUT2D eigenvalue weighted by molar-refractivity contribution is 7.17. The van der Waals surface area contributed by atoms with Crippen LogP contribution >= 0.6 is 11.3 Å². The standard InChI is InChI=1S/C13H17N3O3S/c1-9-11(20-13(14)16-9)12(17)15-5-3-6-18-8-10-4-2-7-19-10/h2,4,7H,3,5-6,8H2,1H3,(H2,14,16)(H,15,17). The van der Waals surface area contributed by atoms with Crippen LogP contribution in [0.5, 0.6) is 0 Å². The maximum absolute atomic E-state index is 11.8. The van der Waals surface area contributed by atoms with Crippen molar-refractivity contribution in [1.82, 2.24) is 10.3 Å². The first-order valence-electron chi connectivity index (χ1n) is 6.28. The molecule has 0 aliphatic heterocycles. The number of aryl methyl sites for hydroxylation is 1. The molecule has 0 atom stereocenters. The fourth-order valence-corrected chi connectivity index (χ4v) is 2.40. The Morgan fingerprint density at radius 1 is 1.60 bits per heavy atom. The highest BCUT2D eigenvalue weighted by Gasteiger charge is 2.13. The molecule has 0 aromatic carbocycles. The number of nitrogen functional groups attached to an aromatic ring is 1. The van der Waals surface area contributed by atoms with Crippen LogP contribution in [0.4, 0.5) is 5.13 Å². The van der Waals surface area contributed by atoms with Gasteiger partial charge in [-0.2, -0.15) is 0 Å². The lowest BCUT2D eigenvalue weighted by Crippen LogP contribution is -2.25. The van der Waals surface area contributed by atoms with Gasteiger partial charge in [0.25, 0.3) is 5.91 Å². The maximum atomic E-state index is 11.8. The molecule has 0 spiro atoms. The molecule has 2 aromatic rings. The molecular formula is C13H17N3O3S. The predicted molar refractivity (Wildman–Crippen MR) is 76.6 cm³/mol. The van der Waals surface area contributed by atoms with E-state index in [4.69, 9.17) is 14.9 Å². The van der Waals surface area contributed by atoms with Gasteiger partial charge in [0, 0.05) is 13.2 Å². The second-order valence-corrected chi connectivity index (χ2v) is 5.24. The number of rotatable bonds is 7. The van der Waals surface area contributed by atoms with Gasteiger partial charge in [0.1, 0.15) is 17.2 Å². The Kier molecular flexibility index (Phi) is 5.14. The number of furan rings is 1. The van der Waals surface area contributed by atoms with E-state index in [-0.39, 0.29) is 5.91 Å². The molecule has 0 aliphatic carbocycles. The highest BCUT2D eigenvalue weighted by atomic mass is 32.1. The first-order valence-corrected chi connectivity index (χ1v) is 7.09. The Labute approximate surface area is 120 Å². The van der Waals surface area contributed by atoms with Gasteiger partial charge in [-0.15, -0.1) is 0 Å². The van der Waals surface area contributed by atoms with Crippen LogP contribution in [-0.2, 0) is 11.3 Å². The zero-order valence-corrected chi connectivity index (χ0v) is 12.0. The molecule has 0 unspecified atom stereocenters. The Bertz CT molecular complexity index is 551. The Hall–Kier alpha value is -1.86. The summed E-state index contributed by atoms with van der Waals surface area (Å²) in [6, 6.07) is 3.68. The molecule has 0 radical (unpaired) electrons. The normalized spacial score (nSPS) is 10.7. The molecule has 6 nitrogen and oxygen atoms in total.